The van der Waals surface area contributed by atoms with Gasteiger partial charge in [0.15, 0.2) is 0 Å². The van der Waals surface area contributed by atoms with Gasteiger partial charge in [-0.05, 0) is 24.6 Å². The Kier molecular flexibility index (Phi) is 3.10. The lowest BCUT2D eigenvalue weighted by Crippen LogP contribution is -2.55. The second kappa shape index (κ2) is 4.53. The van der Waals surface area contributed by atoms with Crippen molar-refractivity contribution in [1.82, 2.24) is 4.90 Å². The highest BCUT2D eigenvalue weighted by Crippen LogP contribution is 2.18. The van der Waals surface area contributed by atoms with Gasteiger partial charge in [0.1, 0.15) is 11.9 Å². The molecule has 0 radical (unpaired) electrons. The Morgan fingerprint density at radius 2 is 2.31 bits per heavy atom. The summed E-state index contributed by atoms with van der Waals surface area (Å²) in [6.45, 7) is 3.51. The molecule has 1 heterocycles. The third-order valence-corrected chi connectivity index (χ3v) is 2.57. The van der Waals surface area contributed by atoms with E-state index >= 15 is 0 Å². The number of hydrogen-bond acceptors (Lipinski definition) is 3. The lowest BCUT2D eigenvalue weighted by atomic mass is 10.1. The number of likely N-dealkylation sites (tertiary alicyclic amines) is 1. The zero-order chi connectivity index (χ0) is 11.5. The van der Waals surface area contributed by atoms with E-state index in [0.29, 0.717) is 13.1 Å². The fourth-order valence-corrected chi connectivity index (χ4v) is 1.80. The summed E-state index contributed by atoms with van der Waals surface area (Å²) in [5, 5.41) is 8.58. The van der Waals surface area contributed by atoms with Crippen LogP contribution in [0.15, 0.2) is 24.3 Å². The molecule has 0 amide bonds. The number of ether oxygens (including phenoxy) is 1. The van der Waals surface area contributed by atoms with Gasteiger partial charge in [-0.3, -0.25) is 9.69 Å². The highest BCUT2D eigenvalue weighted by atomic mass is 16.5. The van der Waals surface area contributed by atoms with Crippen LogP contribution in [-0.2, 0) is 4.79 Å². The normalized spacial score (nSPS) is 16.8. The van der Waals surface area contributed by atoms with Crippen LogP contribution in [0, 0.1) is 6.92 Å². The van der Waals surface area contributed by atoms with Crippen LogP contribution >= 0.6 is 0 Å². The molecule has 0 bridgehead atoms. The highest BCUT2D eigenvalue weighted by molar-refractivity contribution is 5.69. The van der Waals surface area contributed by atoms with Gasteiger partial charge in [-0.2, -0.15) is 0 Å². The van der Waals surface area contributed by atoms with Gasteiger partial charge in [0.2, 0.25) is 0 Å². The molecule has 1 saturated heterocycles. The van der Waals surface area contributed by atoms with Crippen molar-refractivity contribution in [1.29, 1.82) is 0 Å². The molecule has 16 heavy (non-hydrogen) atoms. The van der Waals surface area contributed by atoms with Crippen molar-refractivity contribution in [2.24, 2.45) is 0 Å². The van der Waals surface area contributed by atoms with E-state index in [1.807, 2.05) is 36.1 Å². The summed E-state index contributed by atoms with van der Waals surface area (Å²) in [6, 6.07) is 7.88. The van der Waals surface area contributed by atoms with Gasteiger partial charge in [-0.1, -0.05) is 12.1 Å². The van der Waals surface area contributed by atoms with Crippen LogP contribution < -0.4 is 4.74 Å². The maximum Gasteiger partial charge on any atom is 0.317 e. The number of nitrogens with zero attached hydrogens (tertiary/aromatic N) is 1. The average molecular weight is 221 g/mol. The number of carboxylic acids is 1. The van der Waals surface area contributed by atoms with Gasteiger partial charge in [0.05, 0.1) is 6.54 Å². The van der Waals surface area contributed by atoms with Crippen LogP contribution in [0.5, 0.6) is 5.75 Å². The highest BCUT2D eigenvalue weighted by Gasteiger charge is 2.29. The van der Waals surface area contributed by atoms with E-state index in [-0.39, 0.29) is 12.6 Å². The summed E-state index contributed by atoms with van der Waals surface area (Å²) in [6.07, 6.45) is 0.126. The first kappa shape index (κ1) is 11.0. The summed E-state index contributed by atoms with van der Waals surface area (Å²) in [7, 11) is 0. The number of hydrogen-bond donors (Lipinski definition) is 1. The van der Waals surface area contributed by atoms with Gasteiger partial charge in [0, 0.05) is 13.1 Å². The molecular weight excluding hydrogens is 206 g/mol. The van der Waals surface area contributed by atoms with E-state index < -0.39 is 5.97 Å². The monoisotopic (exact) mass is 221 g/mol. The number of benzene rings is 1. The first-order valence-corrected chi connectivity index (χ1v) is 5.31. The third-order valence-electron chi connectivity index (χ3n) is 2.57. The van der Waals surface area contributed by atoms with Crippen LogP contribution in [0.1, 0.15) is 5.56 Å². The Balaban J connectivity index is 1.79. The minimum absolute atomic E-state index is 0.105. The van der Waals surface area contributed by atoms with Crippen LogP contribution in [0.2, 0.25) is 0 Å². The van der Waals surface area contributed by atoms with Crippen molar-refractivity contribution in [3.05, 3.63) is 29.8 Å². The molecule has 2 rings (SSSR count). The van der Waals surface area contributed by atoms with Crippen LogP contribution in [0.3, 0.4) is 0 Å². The van der Waals surface area contributed by atoms with Gasteiger partial charge in [-0.15, -0.1) is 0 Å². The quantitative estimate of drug-likeness (QED) is 0.828. The second-order valence-corrected chi connectivity index (χ2v) is 4.14. The van der Waals surface area contributed by atoms with Crippen molar-refractivity contribution in [2.75, 3.05) is 19.6 Å². The van der Waals surface area contributed by atoms with Gasteiger partial charge in [-0.25, -0.2) is 0 Å². The van der Waals surface area contributed by atoms with E-state index in [2.05, 4.69) is 0 Å². The van der Waals surface area contributed by atoms with Crippen molar-refractivity contribution >= 4 is 5.97 Å². The summed E-state index contributed by atoms with van der Waals surface area (Å²) in [5.74, 6) is 0.0778. The van der Waals surface area contributed by atoms with Crippen molar-refractivity contribution in [2.45, 2.75) is 13.0 Å². The van der Waals surface area contributed by atoms with E-state index in [1.165, 1.54) is 5.56 Å². The Morgan fingerprint density at radius 3 is 2.94 bits per heavy atom. The first-order valence-electron chi connectivity index (χ1n) is 5.31. The largest absolute Gasteiger partial charge is 0.488 e. The van der Waals surface area contributed by atoms with E-state index in [0.717, 1.165) is 5.75 Å². The maximum absolute atomic E-state index is 10.4. The zero-order valence-corrected chi connectivity index (χ0v) is 9.22. The molecule has 1 aromatic rings. The summed E-state index contributed by atoms with van der Waals surface area (Å²) >= 11 is 0. The Bertz CT molecular complexity index is 386. The second-order valence-electron chi connectivity index (χ2n) is 4.14. The smallest absolute Gasteiger partial charge is 0.317 e. The lowest BCUT2D eigenvalue weighted by molar-refractivity contribution is -0.140. The summed E-state index contributed by atoms with van der Waals surface area (Å²) in [5.41, 5.74) is 1.17. The molecule has 1 aromatic carbocycles. The SMILES string of the molecule is Cc1cccc(OC2CN(CC(=O)O)C2)c1. The Labute approximate surface area is 94.4 Å². The van der Waals surface area contributed by atoms with Crippen molar-refractivity contribution in [3.8, 4) is 5.75 Å². The molecular formula is C12H15NO3. The molecule has 1 aliphatic heterocycles. The average Bonchev–Trinajstić information content (AvgIpc) is 2.14. The molecule has 0 saturated carbocycles. The molecule has 86 valence electrons. The molecule has 4 nitrogen and oxygen atoms in total. The Hall–Kier alpha value is -1.55. The van der Waals surface area contributed by atoms with E-state index in [4.69, 9.17) is 9.84 Å². The summed E-state index contributed by atoms with van der Waals surface area (Å²) in [4.78, 5) is 12.3. The standard InChI is InChI=1S/C12H15NO3/c1-9-3-2-4-10(5-9)16-11-6-13(7-11)8-12(14)15/h2-5,11H,6-8H2,1H3,(H,14,15). The molecule has 0 aromatic heterocycles. The number of aryl methyl sites for hydroxylation is 1. The number of carboxylic acid groups (broad SMARTS) is 1. The maximum atomic E-state index is 10.4. The van der Waals surface area contributed by atoms with Crippen LogP contribution in [0.25, 0.3) is 0 Å². The predicted molar refractivity (Wildman–Crippen MR) is 59.7 cm³/mol. The molecule has 0 spiro atoms. The van der Waals surface area contributed by atoms with Crippen molar-refractivity contribution in [3.63, 3.8) is 0 Å². The first-order chi connectivity index (χ1) is 7.63. The fraction of sp³-hybridized carbons (Fsp3) is 0.417. The third kappa shape index (κ3) is 2.73. The molecule has 4 heteroatoms. The minimum atomic E-state index is -0.783. The van der Waals surface area contributed by atoms with E-state index in [9.17, 15) is 4.79 Å². The number of rotatable bonds is 4. The fourth-order valence-electron chi connectivity index (χ4n) is 1.80. The molecule has 0 aliphatic carbocycles. The minimum Gasteiger partial charge on any atom is -0.488 e. The predicted octanol–water partition coefficient (Wildman–Crippen LogP) is 1.14. The molecule has 0 atom stereocenters. The van der Waals surface area contributed by atoms with Crippen LogP contribution in [0.4, 0.5) is 0 Å². The molecule has 1 N–H and O–H groups in total. The van der Waals surface area contributed by atoms with Gasteiger partial charge < -0.3 is 9.84 Å². The van der Waals surface area contributed by atoms with Crippen LogP contribution in [-0.4, -0.2) is 41.7 Å². The zero-order valence-electron chi connectivity index (χ0n) is 9.22. The molecule has 1 fully saturated rings. The number of aliphatic carboxylic acids is 1. The van der Waals surface area contributed by atoms with Gasteiger partial charge >= 0.3 is 5.97 Å². The lowest BCUT2D eigenvalue weighted by Gasteiger charge is -2.37. The topological polar surface area (TPSA) is 49.8 Å². The Morgan fingerprint density at radius 1 is 1.56 bits per heavy atom. The number of carbonyl (C=O) groups is 1. The van der Waals surface area contributed by atoms with Gasteiger partial charge in [0.25, 0.3) is 0 Å². The molecule has 1 aliphatic rings. The van der Waals surface area contributed by atoms with E-state index in [1.54, 1.807) is 0 Å². The summed E-state index contributed by atoms with van der Waals surface area (Å²) < 4.78 is 5.71. The molecule has 0 unspecified atom stereocenters. The van der Waals surface area contributed by atoms with Crippen molar-refractivity contribution < 1.29 is 14.6 Å².